The summed E-state index contributed by atoms with van der Waals surface area (Å²) in [6.07, 6.45) is 0. The molecule has 0 aliphatic rings. The van der Waals surface area contributed by atoms with E-state index in [4.69, 9.17) is 4.74 Å². The van der Waals surface area contributed by atoms with Crippen molar-refractivity contribution in [2.75, 3.05) is 6.61 Å². The van der Waals surface area contributed by atoms with Gasteiger partial charge in [0.05, 0.1) is 5.56 Å². The smallest absolute Gasteiger partial charge is 0.339 e. The standard InChI is InChI=1S/C21H25NO3/c1-13-14(2)16(4)20(17(5)15(13)3)21(24)25-12-19(23)22-11-18-9-7-6-8-10-18/h6-10H,11-12H2,1-5H3,(H,22,23). The van der Waals surface area contributed by atoms with Crippen LogP contribution in [-0.2, 0) is 16.1 Å². The van der Waals surface area contributed by atoms with Crippen LogP contribution in [0.1, 0.15) is 43.7 Å². The van der Waals surface area contributed by atoms with Crippen LogP contribution in [0.25, 0.3) is 0 Å². The molecule has 4 heteroatoms. The van der Waals surface area contributed by atoms with E-state index in [0.29, 0.717) is 12.1 Å². The minimum Gasteiger partial charge on any atom is -0.452 e. The molecule has 0 heterocycles. The molecular formula is C21H25NO3. The van der Waals surface area contributed by atoms with Crippen molar-refractivity contribution in [1.82, 2.24) is 5.32 Å². The Hall–Kier alpha value is -2.62. The maximum atomic E-state index is 12.5. The minimum absolute atomic E-state index is 0.281. The molecule has 0 fully saturated rings. The molecule has 132 valence electrons. The van der Waals surface area contributed by atoms with Gasteiger partial charge in [0.1, 0.15) is 0 Å². The summed E-state index contributed by atoms with van der Waals surface area (Å²) in [5, 5.41) is 2.75. The van der Waals surface area contributed by atoms with Crippen molar-refractivity contribution in [3.63, 3.8) is 0 Å². The summed E-state index contributed by atoms with van der Waals surface area (Å²) in [5.41, 5.74) is 6.75. The molecule has 25 heavy (non-hydrogen) atoms. The quantitative estimate of drug-likeness (QED) is 0.845. The first-order chi connectivity index (χ1) is 11.8. The van der Waals surface area contributed by atoms with Crippen molar-refractivity contribution in [2.24, 2.45) is 0 Å². The highest BCUT2D eigenvalue weighted by molar-refractivity contribution is 5.95. The summed E-state index contributed by atoms with van der Waals surface area (Å²) in [4.78, 5) is 24.4. The van der Waals surface area contributed by atoms with Crippen molar-refractivity contribution in [2.45, 2.75) is 41.2 Å². The van der Waals surface area contributed by atoms with E-state index in [1.165, 1.54) is 5.56 Å². The zero-order chi connectivity index (χ0) is 18.6. The molecule has 0 unspecified atom stereocenters. The molecular weight excluding hydrogens is 314 g/mol. The van der Waals surface area contributed by atoms with Crippen LogP contribution in [-0.4, -0.2) is 18.5 Å². The maximum Gasteiger partial charge on any atom is 0.339 e. The van der Waals surface area contributed by atoms with E-state index in [0.717, 1.165) is 27.8 Å². The largest absolute Gasteiger partial charge is 0.452 e. The van der Waals surface area contributed by atoms with E-state index in [1.54, 1.807) is 0 Å². The molecule has 1 amide bonds. The van der Waals surface area contributed by atoms with Gasteiger partial charge in [0.15, 0.2) is 6.61 Å². The molecule has 2 aromatic carbocycles. The van der Waals surface area contributed by atoms with Crippen LogP contribution in [0, 0.1) is 34.6 Å². The highest BCUT2D eigenvalue weighted by Gasteiger charge is 2.20. The topological polar surface area (TPSA) is 55.4 Å². The minimum atomic E-state index is -0.448. The van der Waals surface area contributed by atoms with Crippen LogP contribution in [0.3, 0.4) is 0 Å². The molecule has 2 rings (SSSR count). The number of hydrogen-bond donors (Lipinski definition) is 1. The van der Waals surface area contributed by atoms with Crippen LogP contribution in [0.4, 0.5) is 0 Å². The van der Waals surface area contributed by atoms with Crippen molar-refractivity contribution >= 4 is 11.9 Å². The van der Waals surface area contributed by atoms with Crippen molar-refractivity contribution in [1.29, 1.82) is 0 Å². The van der Waals surface area contributed by atoms with Gasteiger partial charge < -0.3 is 10.1 Å². The lowest BCUT2D eigenvalue weighted by Crippen LogP contribution is -2.28. The fraction of sp³-hybridized carbons (Fsp3) is 0.333. The Balaban J connectivity index is 2.00. The third-order valence-corrected chi connectivity index (χ3v) is 4.87. The number of benzene rings is 2. The second kappa shape index (κ2) is 7.97. The monoisotopic (exact) mass is 339 g/mol. The number of nitrogens with one attached hydrogen (secondary N) is 1. The fourth-order valence-corrected chi connectivity index (χ4v) is 2.86. The maximum absolute atomic E-state index is 12.5. The zero-order valence-electron chi connectivity index (χ0n) is 15.5. The van der Waals surface area contributed by atoms with E-state index >= 15 is 0 Å². The third-order valence-electron chi connectivity index (χ3n) is 4.87. The highest BCUT2D eigenvalue weighted by Crippen LogP contribution is 2.26. The molecule has 0 saturated carbocycles. The van der Waals surface area contributed by atoms with Crippen LogP contribution in [0.5, 0.6) is 0 Å². The van der Waals surface area contributed by atoms with Gasteiger partial charge in [-0.15, -0.1) is 0 Å². The predicted octanol–water partition coefficient (Wildman–Crippen LogP) is 3.70. The molecule has 1 N–H and O–H groups in total. The summed E-state index contributed by atoms with van der Waals surface area (Å²) in [6.45, 7) is 10.0. The van der Waals surface area contributed by atoms with E-state index in [9.17, 15) is 9.59 Å². The number of ether oxygens (including phenoxy) is 1. The Morgan fingerprint density at radius 1 is 0.840 bits per heavy atom. The number of carbonyl (C=O) groups excluding carboxylic acids is 2. The normalized spacial score (nSPS) is 10.4. The number of esters is 1. The Bertz CT molecular complexity index is 766. The average Bonchev–Trinajstić information content (AvgIpc) is 2.62. The van der Waals surface area contributed by atoms with Gasteiger partial charge in [-0.25, -0.2) is 4.79 Å². The second-order valence-electron chi connectivity index (χ2n) is 6.34. The van der Waals surface area contributed by atoms with Crippen LogP contribution < -0.4 is 5.32 Å². The van der Waals surface area contributed by atoms with Crippen LogP contribution in [0.2, 0.25) is 0 Å². The van der Waals surface area contributed by atoms with E-state index in [1.807, 2.05) is 58.0 Å². The van der Waals surface area contributed by atoms with Gasteiger partial charge in [-0.2, -0.15) is 0 Å². The summed E-state index contributed by atoms with van der Waals surface area (Å²) >= 11 is 0. The number of rotatable bonds is 5. The van der Waals surface area contributed by atoms with Gasteiger partial charge >= 0.3 is 5.97 Å². The summed E-state index contributed by atoms with van der Waals surface area (Å²) in [5.74, 6) is -0.760. The number of amides is 1. The molecule has 0 atom stereocenters. The van der Waals surface area contributed by atoms with E-state index < -0.39 is 5.97 Å². The predicted molar refractivity (Wildman–Crippen MR) is 98.7 cm³/mol. The van der Waals surface area contributed by atoms with Crippen molar-refractivity contribution in [3.8, 4) is 0 Å². The van der Waals surface area contributed by atoms with E-state index in [-0.39, 0.29) is 12.5 Å². The van der Waals surface area contributed by atoms with Crippen molar-refractivity contribution < 1.29 is 14.3 Å². The number of carbonyl (C=O) groups is 2. The van der Waals surface area contributed by atoms with Gasteiger partial charge in [0.2, 0.25) is 0 Å². The first-order valence-electron chi connectivity index (χ1n) is 8.37. The summed E-state index contributed by atoms with van der Waals surface area (Å²) in [6, 6.07) is 9.60. The molecule has 0 radical (unpaired) electrons. The molecule has 0 bridgehead atoms. The highest BCUT2D eigenvalue weighted by atomic mass is 16.5. The number of hydrogen-bond acceptors (Lipinski definition) is 3. The molecule has 0 aromatic heterocycles. The van der Waals surface area contributed by atoms with Gasteiger partial charge in [-0.05, 0) is 68.0 Å². The second-order valence-corrected chi connectivity index (χ2v) is 6.34. The summed E-state index contributed by atoms with van der Waals surface area (Å²) in [7, 11) is 0. The molecule has 0 aliphatic carbocycles. The molecule has 0 spiro atoms. The molecule has 4 nitrogen and oxygen atoms in total. The van der Waals surface area contributed by atoms with Gasteiger partial charge in [-0.1, -0.05) is 30.3 Å². The lowest BCUT2D eigenvalue weighted by molar-refractivity contribution is -0.124. The summed E-state index contributed by atoms with van der Waals surface area (Å²) < 4.78 is 5.24. The lowest BCUT2D eigenvalue weighted by atomic mass is 9.90. The Kier molecular flexibility index (Phi) is 5.97. The van der Waals surface area contributed by atoms with Crippen LogP contribution >= 0.6 is 0 Å². The molecule has 0 aliphatic heterocycles. The van der Waals surface area contributed by atoms with E-state index in [2.05, 4.69) is 12.2 Å². The van der Waals surface area contributed by atoms with Gasteiger partial charge in [0.25, 0.3) is 5.91 Å². The fourth-order valence-electron chi connectivity index (χ4n) is 2.86. The average molecular weight is 339 g/mol. The lowest BCUT2D eigenvalue weighted by Gasteiger charge is -2.17. The first kappa shape index (κ1) is 18.7. The zero-order valence-corrected chi connectivity index (χ0v) is 15.5. The Morgan fingerprint density at radius 3 is 1.92 bits per heavy atom. The van der Waals surface area contributed by atoms with Gasteiger partial charge in [-0.3, -0.25) is 4.79 Å². The first-order valence-corrected chi connectivity index (χ1v) is 8.37. The molecule has 2 aromatic rings. The van der Waals surface area contributed by atoms with Gasteiger partial charge in [0, 0.05) is 6.54 Å². The SMILES string of the molecule is Cc1c(C)c(C)c(C(=O)OCC(=O)NCc2ccccc2)c(C)c1C. The Labute approximate surface area is 149 Å². The van der Waals surface area contributed by atoms with Crippen molar-refractivity contribution in [3.05, 3.63) is 69.3 Å². The third kappa shape index (κ3) is 4.27. The van der Waals surface area contributed by atoms with Crippen LogP contribution in [0.15, 0.2) is 30.3 Å². The molecule has 0 saturated heterocycles. The Morgan fingerprint density at radius 2 is 1.36 bits per heavy atom.